The van der Waals surface area contributed by atoms with Crippen molar-refractivity contribution in [3.05, 3.63) is 36.2 Å². The normalized spacial score (nSPS) is 9.12. The molecule has 1 aromatic carbocycles. The van der Waals surface area contributed by atoms with Crippen molar-refractivity contribution in [2.45, 2.75) is 13.8 Å². The molecule has 0 fully saturated rings. The zero-order valence-corrected chi connectivity index (χ0v) is 9.14. The number of carboxylic acids is 1. The smallest absolute Gasteiger partial charge is 0.373 e. The lowest BCUT2D eigenvalue weighted by atomic mass is 10.2. The van der Waals surface area contributed by atoms with Crippen LogP contribution in [0, 0.1) is 0 Å². The van der Waals surface area contributed by atoms with Crippen molar-refractivity contribution >= 4 is 5.97 Å². The Bertz CT molecular complexity index is 451. The monoisotopic (exact) mass is 219 g/mol. The van der Waals surface area contributed by atoms with E-state index in [-0.39, 0.29) is 5.82 Å². The SMILES string of the molecule is CC.O=C(O)c1nc(-c2ccccc2)n[nH]1. The second-order valence-electron chi connectivity index (χ2n) is 2.68. The predicted octanol–water partition coefficient (Wildman–Crippen LogP) is 2.20. The molecule has 0 radical (unpaired) electrons. The second-order valence-corrected chi connectivity index (χ2v) is 2.68. The number of rotatable bonds is 2. The first-order valence-corrected chi connectivity index (χ1v) is 4.98. The quantitative estimate of drug-likeness (QED) is 0.811. The highest BCUT2D eigenvalue weighted by Gasteiger charge is 2.10. The highest BCUT2D eigenvalue weighted by molar-refractivity contribution is 5.83. The van der Waals surface area contributed by atoms with Gasteiger partial charge in [0, 0.05) is 5.56 Å². The van der Waals surface area contributed by atoms with Crippen LogP contribution in [0.5, 0.6) is 0 Å². The third-order valence-electron chi connectivity index (χ3n) is 1.72. The number of H-pyrrole nitrogens is 1. The van der Waals surface area contributed by atoms with Crippen LogP contribution in [-0.4, -0.2) is 26.3 Å². The average molecular weight is 219 g/mol. The molecule has 0 amide bonds. The van der Waals surface area contributed by atoms with Gasteiger partial charge >= 0.3 is 5.97 Å². The van der Waals surface area contributed by atoms with Crippen LogP contribution >= 0.6 is 0 Å². The Labute approximate surface area is 93.2 Å². The van der Waals surface area contributed by atoms with Crippen molar-refractivity contribution < 1.29 is 9.90 Å². The van der Waals surface area contributed by atoms with E-state index in [4.69, 9.17) is 5.11 Å². The predicted molar refractivity (Wildman–Crippen MR) is 60.1 cm³/mol. The fourth-order valence-corrected chi connectivity index (χ4v) is 1.07. The van der Waals surface area contributed by atoms with Gasteiger partial charge in [0.1, 0.15) is 0 Å². The molecule has 0 bridgehead atoms. The Morgan fingerprint density at radius 3 is 2.38 bits per heavy atom. The van der Waals surface area contributed by atoms with Gasteiger partial charge in [-0.25, -0.2) is 9.78 Å². The average Bonchev–Trinajstić information content (AvgIpc) is 2.82. The van der Waals surface area contributed by atoms with Crippen molar-refractivity contribution in [1.29, 1.82) is 0 Å². The Morgan fingerprint density at radius 1 is 1.25 bits per heavy atom. The molecule has 2 N–H and O–H groups in total. The Morgan fingerprint density at radius 2 is 1.88 bits per heavy atom. The molecule has 5 heteroatoms. The first kappa shape index (κ1) is 11.9. The van der Waals surface area contributed by atoms with Crippen LogP contribution in [0.3, 0.4) is 0 Å². The molecule has 0 spiro atoms. The van der Waals surface area contributed by atoms with Gasteiger partial charge < -0.3 is 5.11 Å². The Hall–Kier alpha value is -2.17. The van der Waals surface area contributed by atoms with E-state index in [9.17, 15) is 4.79 Å². The fourth-order valence-electron chi connectivity index (χ4n) is 1.07. The van der Waals surface area contributed by atoms with E-state index in [1.165, 1.54) is 0 Å². The summed E-state index contributed by atoms with van der Waals surface area (Å²) in [5, 5.41) is 14.7. The molecule has 16 heavy (non-hydrogen) atoms. The van der Waals surface area contributed by atoms with Crippen LogP contribution in [0.1, 0.15) is 24.5 Å². The van der Waals surface area contributed by atoms with E-state index in [0.717, 1.165) is 5.56 Å². The lowest BCUT2D eigenvalue weighted by Gasteiger charge is -1.90. The molecular formula is C11H13N3O2. The van der Waals surface area contributed by atoms with Gasteiger partial charge in [-0.1, -0.05) is 44.2 Å². The van der Waals surface area contributed by atoms with Gasteiger partial charge in [-0.3, -0.25) is 5.10 Å². The number of aromatic nitrogens is 3. The Kier molecular flexibility index (Phi) is 4.20. The van der Waals surface area contributed by atoms with E-state index >= 15 is 0 Å². The largest absolute Gasteiger partial charge is 0.475 e. The number of aromatic carboxylic acids is 1. The number of benzene rings is 1. The molecule has 0 aliphatic rings. The lowest BCUT2D eigenvalue weighted by molar-refractivity contribution is 0.0684. The van der Waals surface area contributed by atoms with Gasteiger partial charge in [0.05, 0.1) is 0 Å². The third kappa shape index (κ3) is 2.66. The Balaban J connectivity index is 0.000000606. The van der Waals surface area contributed by atoms with Crippen LogP contribution < -0.4 is 0 Å². The van der Waals surface area contributed by atoms with Gasteiger partial charge in [0.15, 0.2) is 5.82 Å². The van der Waals surface area contributed by atoms with E-state index in [2.05, 4.69) is 15.2 Å². The summed E-state index contributed by atoms with van der Waals surface area (Å²) in [6.07, 6.45) is 0. The number of hydrogen-bond acceptors (Lipinski definition) is 3. The van der Waals surface area contributed by atoms with Gasteiger partial charge in [0.2, 0.25) is 5.82 Å². The zero-order valence-electron chi connectivity index (χ0n) is 9.14. The number of carboxylic acid groups (broad SMARTS) is 1. The molecule has 2 rings (SSSR count). The summed E-state index contributed by atoms with van der Waals surface area (Å²) >= 11 is 0. The standard InChI is InChI=1S/C9H7N3O2.C2H6/c13-9(14)8-10-7(11-12-8)6-4-2-1-3-5-6;1-2/h1-5H,(H,13,14)(H,10,11,12);1-2H3. The first-order chi connectivity index (χ1) is 7.77. The van der Waals surface area contributed by atoms with Gasteiger partial charge in [-0.05, 0) is 0 Å². The highest BCUT2D eigenvalue weighted by Crippen LogP contribution is 2.12. The maximum Gasteiger partial charge on any atom is 0.373 e. The molecule has 1 heterocycles. The zero-order chi connectivity index (χ0) is 12.0. The summed E-state index contributed by atoms with van der Waals surface area (Å²) in [7, 11) is 0. The number of nitrogens with zero attached hydrogens (tertiary/aromatic N) is 2. The van der Waals surface area contributed by atoms with Crippen molar-refractivity contribution in [2.24, 2.45) is 0 Å². The third-order valence-corrected chi connectivity index (χ3v) is 1.72. The summed E-state index contributed by atoms with van der Waals surface area (Å²) < 4.78 is 0. The molecule has 0 aliphatic carbocycles. The maximum atomic E-state index is 10.5. The van der Waals surface area contributed by atoms with Gasteiger partial charge in [-0.2, -0.15) is 5.10 Å². The van der Waals surface area contributed by atoms with E-state index in [0.29, 0.717) is 5.82 Å². The molecule has 2 aromatic rings. The number of aromatic amines is 1. The van der Waals surface area contributed by atoms with Gasteiger partial charge in [0.25, 0.3) is 0 Å². The fraction of sp³-hybridized carbons (Fsp3) is 0.182. The molecular weight excluding hydrogens is 206 g/mol. The number of carbonyl (C=O) groups is 1. The van der Waals surface area contributed by atoms with Gasteiger partial charge in [-0.15, -0.1) is 0 Å². The number of hydrogen-bond donors (Lipinski definition) is 2. The molecule has 1 aromatic heterocycles. The van der Waals surface area contributed by atoms with Crippen LogP contribution in [0.25, 0.3) is 11.4 Å². The second kappa shape index (κ2) is 5.65. The molecule has 0 atom stereocenters. The summed E-state index contributed by atoms with van der Waals surface area (Å²) in [5.41, 5.74) is 0.788. The molecule has 5 nitrogen and oxygen atoms in total. The van der Waals surface area contributed by atoms with E-state index in [1.807, 2.05) is 44.2 Å². The molecule has 0 saturated heterocycles. The van der Waals surface area contributed by atoms with Crippen LogP contribution in [0.4, 0.5) is 0 Å². The summed E-state index contributed by atoms with van der Waals surface area (Å²) in [6.45, 7) is 4.00. The summed E-state index contributed by atoms with van der Waals surface area (Å²) in [4.78, 5) is 14.3. The van der Waals surface area contributed by atoms with Crippen molar-refractivity contribution in [3.63, 3.8) is 0 Å². The minimum absolute atomic E-state index is 0.149. The van der Waals surface area contributed by atoms with Crippen molar-refractivity contribution in [2.75, 3.05) is 0 Å². The highest BCUT2D eigenvalue weighted by atomic mass is 16.4. The molecule has 0 unspecified atom stereocenters. The topological polar surface area (TPSA) is 78.9 Å². The van der Waals surface area contributed by atoms with Crippen LogP contribution in [-0.2, 0) is 0 Å². The molecule has 0 aliphatic heterocycles. The van der Waals surface area contributed by atoms with Crippen LogP contribution in [0.2, 0.25) is 0 Å². The number of nitrogens with one attached hydrogen (secondary N) is 1. The minimum atomic E-state index is -1.11. The lowest BCUT2D eigenvalue weighted by Crippen LogP contribution is -1.98. The van der Waals surface area contributed by atoms with Crippen LogP contribution in [0.15, 0.2) is 30.3 Å². The molecule has 0 saturated carbocycles. The first-order valence-electron chi connectivity index (χ1n) is 4.98. The van der Waals surface area contributed by atoms with Crippen molar-refractivity contribution in [1.82, 2.24) is 15.2 Å². The summed E-state index contributed by atoms with van der Waals surface area (Å²) in [5.74, 6) is -0.869. The van der Waals surface area contributed by atoms with Crippen molar-refractivity contribution in [3.8, 4) is 11.4 Å². The van der Waals surface area contributed by atoms with E-state index in [1.54, 1.807) is 0 Å². The minimum Gasteiger partial charge on any atom is -0.475 e. The summed E-state index contributed by atoms with van der Waals surface area (Å²) in [6, 6.07) is 9.18. The van der Waals surface area contributed by atoms with E-state index < -0.39 is 5.97 Å². The molecule has 84 valence electrons. The maximum absolute atomic E-state index is 10.5.